The van der Waals surface area contributed by atoms with Gasteiger partial charge in [-0.15, -0.1) is 0 Å². The molecule has 0 radical (unpaired) electrons. The molecule has 1 aliphatic heterocycles. The Labute approximate surface area is 222 Å². The number of hydrogen-bond donors (Lipinski definition) is 3. The third-order valence-corrected chi connectivity index (χ3v) is 7.51. The molecule has 3 heterocycles. The van der Waals surface area contributed by atoms with Gasteiger partial charge in [0.25, 0.3) is 5.13 Å². The van der Waals surface area contributed by atoms with Gasteiger partial charge in [0.05, 0.1) is 19.0 Å². The van der Waals surface area contributed by atoms with Crippen LogP contribution in [0.3, 0.4) is 0 Å². The van der Waals surface area contributed by atoms with Crippen molar-refractivity contribution >= 4 is 42.3 Å². The number of carbonyl (C=O) groups excluding carboxylic acids is 1. The van der Waals surface area contributed by atoms with Crippen LogP contribution in [0.4, 0.5) is 10.2 Å². The smallest absolute Gasteiger partial charge is 0.459 e. The lowest BCUT2D eigenvalue weighted by molar-refractivity contribution is -0.149. The molecule has 0 spiro atoms. The van der Waals surface area contributed by atoms with Gasteiger partial charge in [-0.3, -0.25) is 13.9 Å². The molecule has 3 aromatic rings. The van der Waals surface area contributed by atoms with Gasteiger partial charge in [0.15, 0.2) is 17.7 Å². The molecule has 0 bridgehead atoms. The Morgan fingerprint density at radius 3 is 2.71 bits per heavy atom. The molecule has 206 valence electrons. The number of nitrogen functional groups attached to an aromatic ring is 1. The highest BCUT2D eigenvalue weighted by Gasteiger charge is 2.58. The lowest BCUT2D eigenvalue weighted by Gasteiger charge is -2.25. The number of alkyl halides is 2. The molecule has 1 unspecified atom stereocenters. The van der Waals surface area contributed by atoms with Gasteiger partial charge in [0, 0.05) is 0 Å². The zero-order valence-electron chi connectivity index (χ0n) is 20.6. The minimum atomic E-state index is -4.30. The number of aromatic nitrogens is 4. The molecular weight excluding hydrogens is 546 g/mol. The van der Waals surface area contributed by atoms with E-state index in [1.165, 1.54) is 25.4 Å². The van der Waals surface area contributed by atoms with Crippen molar-refractivity contribution in [3.05, 3.63) is 43.0 Å². The number of aliphatic hydroxyl groups is 1. The number of esters is 1. The monoisotopic (exact) mass is 572 g/mol. The van der Waals surface area contributed by atoms with Crippen LogP contribution in [0, 0.1) is 0 Å². The first-order chi connectivity index (χ1) is 17.9. The van der Waals surface area contributed by atoms with Gasteiger partial charge < -0.3 is 24.8 Å². The number of fused-ring (bicyclic) bond motifs is 1. The Kier molecular flexibility index (Phi) is 8.21. The first-order valence-corrected chi connectivity index (χ1v) is 13.4. The van der Waals surface area contributed by atoms with Crippen molar-refractivity contribution in [2.75, 3.05) is 12.3 Å². The normalized spacial score (nSPS) is 25.8. The maximum atomic E-state index is 15.5. The minimum Gasteiger partial charge on any atom is -0.462 e. The number of anilines is 1. The Hall–Kier alpha value is -2.87. The number of hydrogen-bond acceptors (Lipinski definition) is 11. The van der Waals surface area contributed by atoms with E-state index in [9.17, 15) is 14.5 Å². The van der Waals surface area contributed by atoms with Gasteiger partial charge in [-0.25, -0.2) is 23.9 Å². The fraction of sp³-hybridized carbons (Fsp3) is 0.455. The molecule has 6 atom stereocenters. The molecule has 0 amide bonds. The van der Waals surface area contributed by atoms with E-state index in [-0.39, 0.29) is 22.7 Å². The van der Waals surface area contributed by atoms with Crippen LogP contribution >= 0.6 is 19.3 Å². The highest BCUT2D eigenvalue weighted by atomic mass is 35.5. The minimum absolute atomic E-state index is 0.0568. The number of carbonyl (C=O) groups is 1. The Morgan fingerprint density at radius 2 is 2.03 bits per heavy atom. The van der Waals surface area contributed by atoms with Crippen LogP contribution in [0.2, 0.25) is 0 Å². The van der Waals surface area contributed by atoms with E-state index in [4.69, 9.17) is 35.9 Å². The number of imidazole rings is 1. The summed E-state index contributed by atoms with van der Waals surface area (Å²) in [7, 11) is -4.30. The van der Waals surface area contributed by atoms with E-state index in [1.54, 1.807) is 32.0 Å². The van der Waals surface area contributed by atoms with Crippen LogP contribution in [0.25, 0.3) is 11.2 Å². The van der Waals surface area contributed by atoms with E-state index >= 15 is 4.39 Å². The molecular formula is C22H27ClFN6O7P. The summed E-state index contributed by atoms with van der Waals surface area (Å²) in [6, 6.07) is 6.94. The van der Waals surface area contributed by atoms with Gasteiger partial charge in [-0.2, -0.15) is 5.09 Å². The summed E-state index contributed by atoms with van der Waals surface area (Å²) in [4.78, 5) is 24.2. The van der Waals surface area contributed by atoms with Crippen LogP contribution in [-0.4, -0.2) is 66.7 Å². The second-order valence-corrected chi connectivity index (χ2v) is 11.0. The molecule has 13 nitrogen and oxygen atoms in total. The van der Waals surface area contributed by atoms with E-state index in [0.717, 1.165) is 10.9 Å². The molecule has 4 N–H and O–H groups in total. The highest BCUT2D eigenvalue weighted by molar-refractivity contribution is 7.52. The molecule has 38 heavy (non-hydrogen) atoms. The Bertz CT molecular complexity index is 1330. The van der Waals surface area contributed by atoms with Crippen molar-refractivity contribution in [1.29, 1.82) is 0 Å². The summed E-state index contributed by atoms with van der Waals surface area (Å²) in [6.07, 6.45) is -3.01. The standard InChI is InChI=1S/C22H27ClFN6O7P/c1-12(2)35-20(32)13(3)29-38(33,37-14-7-5-4-6-8-14)34-9-15-17(31)22(23,24)21(36-15)30-11-28-16-18(25)26-10-27-19(16)30/h4-8,10-13,15,17,21,31H,9H2,1-3H3,(H,29,33)(H2,25,26,27)/t13-,15-,17-,21-,22+,38?/m1/s1. The molecule has 1 aliphatic rings. The van der Waals surface area contributed by atoms with Gasteiger partial charge in [-0.05, 0) is 32.9 Å². The fourth-order valence-corrected chi connectivity index (χ4v) is 5.45. The number of halogens is 2. The summed E-state index contributed by atoms with van der Waals surface area (Å²) >= 11 is 6.07. The predicted octanol–water partition coefficient (Wildman–Crippen LogP) is 2.70. The summed E-state index contributed by atoms with van der Waals surface area (Å²) in [6.45, 7) is 4.10. The van der Waals surface area contributed by atoms with Gasteiger partial charge in [0.1, 0.15) is 35.8 Å². The predicted molar refractivity (Wildman–Crippen MR) is 134 cm³/mol. The number of benzene rings is 1. The Balaban J connectivity index is 1.54. The SMILES string of the molecule is CC(C)OC(=O)[C@@H](C)NP(=O)(OC[C@H]1O[C@@H](n2cnc3c(N)ncnc32)[C@](F)(Cl)[C@@H]1O)Oc1ccccc1. The van der Waals surface area contributed by atoms with Crippen molar-refractivity contribution in [2.24, 2.45) is 0 Å². The van der Waals surface area contributed by atoms with Crippen LogP contribution in [0.1, 0.15) is 27.0 Å². The third kappa shape index (κ3) is 5.90. The van der Waals surface area contributed by atoms with E-state index in [2.05, 4.69) is 20.0 Å². The molecule has 0 aliphatic carbocycles. The number of ether oxygens (including phenoxy) is 2. The van der Waals surface area contributed by atoms with Crippen molar-refractivity contribution in [3.8, 4) is 5.75 Å². The topological polar surface area (TPSA) is 173 Å². The van der Waals surface area contributed by atoms with Crippen molar-refractivity contribution < 1.29 is 37.4 Å². The third-order valence-electron chi connectivity index (χ3n) is 5.45. The quantitative estimate of drug-likeness (QED) is 0.184. The molecule has 0 saturated carbocycles. The van der Waals surface area contributed by atoms with Crippen molar-refractivity contribution in [1.82, 2.24) is 24.6 Å². The maximum absolute atomic E-state index is 15.5. The second-order valence-electron chi connectivity index (χ2n) is 8.76. The molecule has 2 aromatic heterocycles. The highest BCUT2D eigenvalue weighted by Crippen LogP contribution is 2.49. The molecule has 1 fully saturated rings. The maximum Gasteiger partial charge on any atom is 0.459 e. The number of nitrogens with zero attached hydrogens (tertiary/aromatic N) is 4. The first-order valence-electron chi connectivity index (χ1n) is 11.5. The number of aliphatic hydroxyl groups excluding tert-OH is 1. The zero-order valence-corrected chi connectivity index (χ0v) is 22.3. The summed E-state index contributed by atoms with van der Waals surface area (Å²) < 4.78 is 52.2. The largest absolute Gasteiger partial charge is 0.462 e. The van der Waals surface area contributed by atoms with Crippen molar-refractivity contribution in [2.45, 2.75) is 56.5 Å². The van der Waals surface area contributed by atoms with Crippen LogP contribution < -0.4 is 15.3 Å². The zero-order chi connectivity index (χ0) is 27.7. The van der Waals surface area contributed by atoms with Gasteiger partial charge in [0.2, 0.25) is 0 Å². The van der Waals surface area contributed by atoms with E-state index in [0.29, 0.717) is 0 Å². The first kappa shape index (κ1) is 28.1. The van der Waals surface area contributed by atoms with Crippen LogP contribution in [-0.2, 0) is 23.4 Å². The molecule has 1 saturated heterocycles. The van der Waals surface area contributed by atoms with Crippen LogP contribution in [0.15, 0.2) is 43.0 Å². The molecule has 16 heteroatoms. The average molecular weight is 573 g/mol. The summed E-state index contributed by atoms with van der Waals surface area (Å²) in [5.74, 6) is -0.478. The number of nitrogens with one attached hydrogen (secondary N) is 1. The number of nitrogens with two attached hydrogens (primary N) is 1. The number of para-hydroxylation sites is 1. The van der Waals surface area contributed by atoms with Gasteiger partial charge >= 0.3 is 13.7 Å². The molecule has 1 aromatic carbocycles. The second kappa shape index (κ2) is 11.1. The van der Waals surface area contributed by atoms with E-state index in [1.807, 2.05) is 0 Å². The lowest BCUT2D eigenvalue weighted by atomic mass is 10.1. The van der Waals surface area contributed by atoms with Gasteiger partial charge in [-0.1, -0.05) is 29.8 Å². The van der Waals surface area contributed by atoms with Crippen LogP contribution in [0.5, 0.6) is 5.75 Å². The Morgan fingerprint density at radius 1 is 1.32 bits per heavy atom. The summed E-state index contributed by atoms with van der Waals surface area (Å²) in [5, 5.41) is 10.3. The molecule has 4 rings (SSSR count). The average Bonchev–Trinajstić information content (AvgIpc) is 3.37. The lowest BCUT2D eigenvalue weighted by Crippen LogP contribution is -2.40. The fourth-order valence-electron chi connectivity index (χ4n) is 3.65. The van der Waals surface area contributed by atoms with E-state index < -0.39 is 56.0 Å². The number of rotatable bonds is 10. The summed E-state index contributed by atoms with van der Waals surface area (Å²) in [5.41, 5.74) is 6.09. The van der Waals surface area contributed by atoms with Crippen molar-refractivity contribution in [3.63, 3.8) is 0 Å².